The molecule has 2 atom stereocenters. The van der Waals surface area contributed by atoms with E-state index in [2.05, 4.69) is 37.7 Å². The van der Waals surface area contributed by atoms with Crippen molar-refractivity contribution in [3.63, 3.8) is 0 Å². The van der Waals surface area contributed by atoms with Gasteiger partial charge < -0.3 is 4.90 Å². The van der Waals surface area contributed by atoms with Crippen molar-refractivity contribution in [2.24, 2.45) is 4.99 Å². The van der Waals surface area contributed by atoms with Gasteiger partial charge in [0, 0.05) is 10.2 Å². The molecule has 7 heteroatoms. The normalized spacial score (nSPS) is 17.2. The lowest BCUT2D eigenvalue weighted by Crippen LogP contribution is -2.45. The molecule has 0 saturated heterocycles. The molecule has 1 heterocycles. The van der Waals surface area contributed by atoms with Gasteiger partial charge in [0.2, 0.25) is 10.0 Å². The molecule has 0 radical (unpaired) electrons. The smallest absolute Gasteiger partial charge is 0.241 e. The molecule has 0 aliphatic carbocycles. The number of hydrogen-bond donors (Lipinski definition) is 1. The molecule has 0 aromatic heterocycles. The first-order chi connectivity index (χ1) is 16.0. The van der Waals surface area contributed by atoms with Crippen LogP contribution in [0.3, 0.4) is 0 Å². The van der Waals surface area contributed by atoms with Crippen molar-refractivity contribution in [1.82, 2.24) is 4.72 Å². The van der Waals surface area contributed by atoms with Crippen LogP contribution in [-0.2, 0) is 16.4 Å². The molecule has 0 bridgehead atoms. The first kappa shape index (κ1) is 24.6. The van der Waals surface area contributed by atoms with Crippen molar-refractivity contribution in [3.05, 3.63) is 94.0 Å². The second-order valence-corrected chi connectivity index (χ2v) is 12.2. The summed E-state index contributed by atoms with van der Waals surface area (Å²) < 4.78 is 30.9. The Morgan fingerprint density at radius 2 is 1.68 bits per heavy atom. The van der Waals surface area contributed by atoms with Crippen LogP contribution in [0.2, 0.25) is 0 Å². The number of nitrogens with one attached hydrogen (secondary N) is 1. The van der Waals surface area contributed by atoms with E-state index in [1.807, 2.05) is 82.6 Å². The number of fused-ring (bicyclic) bond motifs is 1. The quantitative estimate of drug-likeness (QED) is 0.307. The van der Waals surface area contributed by atoms with Crippen LogP contribution in [0.1, 0.15) is 43.5 Å². The summed E-state index contributed by atoms with van der Waals surface area (Å²) in [5.74, 6) is 0. The van der Waals surface area contributed by atoms with E-state index >= 15 is 0 Å². The largest absolute Gasteiger partial charge is 0.327 e. The predicted molar refractivity (Wildman–Crippen MR) is 143 cm³/mol. The molecule has 1 aliphatic rings. The zero-order valence-corrected chi connectivity index (χ0v) is 22.3. The van der Waals surface area contributed by atoms with Crippen molar-refractivity contribution in [2.75, 3.05) is 4.90 Å². The van der Waals surface area contributed by atoms with Gasteiger partial charge in [-0.2, -0.15) is 0 Å². The summed E-state index contributed by atoms with van der Waals surface area (Å²) in [5.41, 5.74) is 3.85. The fraction of sp³-hybridized carbons (Fsp3) is 0.296. The maximum Gasteiger partial charge on any atom is 0.241 e. The number of aryl methyl sites for hydroxylation is 1. The van der Waals surface area contributed by atoms with Gasteiger partial charge in [0.1, 0.15) is 0 Å². The third-order valence-electron chi connectivity index (χ3n) is 5.86. The Kier molecular flexibility index (Phi) is 6.99. The first-order valence-electron chi connectivity index (χ1n) is 11.3. The Bertz CT molecular complexity index is 1300. The van der Waals surface area contributed by atoms with Crippen LogP contribution in [0, 0.1) is 6.92 Å². The first-order valence-corrected chi connectivity index (χ1v) is 13.6. The minimum atomic E-state index is -3.77. The Balaban J connectivity index is 1.80. The molecule has 0 amide bonds. The molecule has 1 N–H and O–H groups in total. The number of rotatable bonds is 6. The number of sulfonamides is 1. The van der Waals surface area contributed by atoms with Crippen LogP contribution >= 0.6 is 15.9 Å². The summed E-state index contributed by atoms with van der Waals surface area (Å²) in [6.07, 6.45) is 2.55. The molecule has 1 aliphatic heterocycles. The predicted octanol–water partition coefficient (Wildman–Crippen LogP) is 6.04. The molecule has 0 fully saturated rings. The second-order valence-electron chi connectivity index (χ2n) is 9.66. The monoisotopic (exact) mass is 539 g/mol. The molecule has 34 heavy (non-hydrogen) atoms. The van der Waals surface area contributed by atoms with E-state index in [-0.39, 0.29) is 16.5 Å². The van der Waals surface area contributed by atoms with Crippen LogP contribution in [-0.4, -0.2) is 26.3 Å². The fourth-order valence-electron chi connectivity index (χ4n) is 4.13. The molecular formula is C27H30BrN3O2S. The molecule has 0 spiro atoms. The van der Waals surface area contributed by atoms with E-state index in [0.29, 0.717) is 6.42 Å². The van der Waals surface area contributed by atoms with Gasteiger partial charge in [-0.25, -0.2) is 13.1 Å². The highest BCUT2D eigenvalue weighted by Gasteiger charge is 2.38. The van der Waals surface area contributed by atoms with Gasteiger partial charge in [-0.3, -0.25) is 4.99 Å². The van der Waals surface area contributed by atoms with Crippen LogP contribution < -0.4 is 9.62 Å². The van der Waals surface area contributed by atoms with E-state index in [0.717, 1.165) is 21.3 Å². The highest BCUT2D eigenvalue weighted by molar-refractivity contribution is 9.10. The molecule has 5 nitrogen and oxygen atoms in total. The van der Waals surface area contributed by atoms with E-state index in [1.54, 1.807) is 12.1 Å². The van der Waals surface area contributed by atoms with Crippen molar-refractivity contribution in [1.29, 1.82) is 0 Å². The van der Waals surface area contributed by atoms with Gasteiger partial charge in [0.15, 0.2) is 0 Å². The average Bonchev–Trinajstić information content (AvgIpc) is 3.15. The summed E-state index contributed by atoms with van der Waals surface area (Å²) >= 11 is 3.66. The number of benzene rings is 3. The molecule has 4 rings (SSSR count). The summed E-state index contributed by atoms with van der Waals surface area (Å²) in [4.78, 5) is 7.13. The number of nitrogens with zero attached hydrogens (tertiary/aromatic N) is 2. The lowest BCUT2D eigenvalue weighted by Gasteiger charge is -2.32. The molecule has 3 aromatic carbocycles. The van der Waals surface area contributed by atoms with E-state index in [1.165, 1.54) is 5.56 Å². The third-order valence-corrected chi connectivity index (χ3v) is 8.04. The molecule has 178 valence electrons. The lowest BCUT2D eigenvalue weighted by atomic mass is 9.97. The SMILES string of the molecule is Cc1ccc(S(=O)(=O)N[C@@H](c2ccccc2Br)[C@@H]2Cc3ccccc3N2C=NC(C)(C)C)cc1. The number of halogens is 1. The van der Waals surface area contributed by atoms with Gasteiger partial charge in [-0.05, 0) is 69.5 Å². The summed E-state index contributed by atoms with van der Waals surface area (Å²) in [6, 6.07) is 22.2. The Morgan fingerprint density at radius 3 is 2.35 bits per heavy atom. The van der Waals surface area contributed by atoms with Crippen LogP contribution in [0.4, 0.5) is 5.69 Å². The zero-order valence-electron chi connectivity index (χ0n) is 19.9. The van der Waals surface area contributed by atoms with E-state index in [9.17, 15) is 8.42 Å². The standard InChI is InChI=1S/C27H30BrN3O2S/c1-19-13-15-21(16-14-19)34(32,33)30-26(22-10-6-7-11-23(22)28)25-17-20-9-5-8-12-24(20)31(25)18-29-27(2,3)4/h5-16,18,25-26,30H,17H2,1-4H3/t25-,26-/m0/s1. The lowest BCUT2D eigenvalue weighted by molar-refractivity contribution is 0.498. The highest BCUT2D eigenvalue weighted by atomic mass is 79.9. The van der Waals surface area contributed by atoms with E-state index in [4.69, 9.17) is 4.99 Å². The average molecular weight is 541 g/mol. The zero-order chi connectivity index (χ0) is 24.5. The summed E-state index contributed by atoms with van der Waals surface area (Å²) in [6.45, 7) is 8.08. The number of aliphatic imine (C=N–C) groups is 1. The minimum Gasteiger partial charge on any atom is -0.327 e. The van der Waals surface area contributed by atoms with Crippen molar-refractivity contribution in [2.45, 2.75) is 56.6 Å². The number of para-hydroxylation sites is 1. The summed E-state index contributed by atoms with van der Waals surface area (Å²) in [7, 11) is -3.77. The molecule has 0 saturated carbocycles. The maximum absolute atomic E-state index is 13.5. The van der Waals surface area contributed by atoms with Gasteiger partial charge in [0.25, 0.3) is 0 Å². The second kappa shape index (κ2) is 9.64. The van der Waals surface area contributed by atoms with E-state index < -0.39 is 16.1 Å². The topological polar surface area (TPSA) is 61.8 Å². The van der Waals surface area contributed by atoms with Crippen molar-refractivity contribution < 1.29 is 8.42 Å². The van der Waals surface area contributed by atoms with Gasteiger partial charge in [0.05, 0.1) is 28.9 Å². The Hall–Kier alpha value is -2.48. The van der Waals surface area contributed by atoms with Crippen LogP contribution in [0.15, 0.2) is 87.2 Å². The number of anilines is 1. The fourth-order valence-corrected chi connectivity index (χ4v) is 5.91. The van der Waals surface area contributed by atoms with Gasteiger partial charge in [-0.1, -0.05) is 70.0 Å². The van der Waals surface area contributed by atoms with Crippen LogP contribution in [0.5, 0.6) is 0 Å². The molecular weight excluding hydrogens is 510 g/mol. The van der Waals surface area contributed by atoms with Crippen molar-refractivity contribution >= 4 is 38.0 Å². The van der Waals surface area contributed by atoms with Gasteiger partial charge in [-0.15, -0.1) is 0 Å². The maximum atomic E-state index is 13.5. The van der Waals surface area contributed by atoms with Crippen LogP contribution in [0.25, 0.3) is 0 Å². The van der Waals surface area contributed by atoms with Crippen molar-refractivity contribution in [3.8, 4) is 0 Å². The number of hydrogen-bond acceptors (Lipinski definition) is 3. The molecule has 0 unspecified atom stereocenters. The molecule has 3 aromatic rings. The Labute approximate surface area is 211 Å². The summed E-state index contributed by atoms with van der Waals surface area (Å²) in [5, 5.41) is 0. The minimum absolute atomic E-state index is 0.192. The third kappa shape index (κ3) is 5.43. The van der Waals surface area contributed by atoms with Gasteiger partial charge >= 0.3 is 0 Å². The highest BCUT2D eigenvalue weighted by Crippen LogP contribution is 2.39. The Morgan fingerprint density at radius 1 is 1.03 bits per heavy atom.